The molecular weight excluding hydrogens is 154 g/mol. The minimum atomic E-state index is -0.174. The van der Waals surface area contributed by atoms with Crippen molar-refractivity contribution in [1.29, 1.82) is 0 Å². The molecule has 2 heterocycles. The highest BCUT2D eigenvalue weighted by Gasteiger charge is 2.33. The fourth-order valence-corrected chi connectivity index (χ4v) is 1.79. The maximum absolute atomic E-state index is 11.4. The number of hydrogen-bond donors (Lipinski definition) is 2. The van der Waals surface area contributed by atoms with E-state index in [0.717, 1.165) is 25.2 Å². The molecule has 0 saturated carbocycles. The third kappa shape index (κ3) is 1.17. The zero-order valence-electron chi connectivity index (χ0n) is 7.13. The molecule has 4 nitrogen and oxygen atoms in total. The van der Waals surface area contributed by atoms with Gasteiger partial charge in [-0.05, 0) is 19.8 Å². The molecule has 0 bridgehead atoms. The van der Waals surface area contributed by atoms with Crippen molar-refractivity contribution >= 4 is 11.7 Å². The first kappa shape index (κ1) is 7.58. The SMILES string of the molecule is CC1=NC2C(=O)NCCCC2N1. The van der Waals surface area contributed by atoms with Gasteiger partial charge in [0.15, 0.2) is 6.04 Å². The maximum atomic E-state index is 11.4. The molecule has 0 spiro atoms. The Morgan fingerprint density at radius 2 is 2.42 bits per heavy atom. The molecule has 4 heteroatoms. The van der Waals surface area contributed by atoms with E-state index in [0.29, 0.717) is 0 Å². The van der Waals surface area contributed by atoms with Gasteiger partial charge in [-0.1, -0.05) is 0 Å². The number of amidine groups is 1. The van der Waals surface area contributed by atoms with Crippen molar-refractivity contribution in [2.24, 2.45) is 4.99 Å². The monoisotopic (exact) mass is 167 g/mol. The van der Waals surface area contributed by atoms with Gasteiger partial charge in [-0.25, -0.2) is 0 Å². The molecule has 12 heavy (non-hydrogen) atoms. The number of carbonyl (C=O) groups is 1. The van der Waals surface area contributed by atoms with Gasteiger partial charge in [-0.15, -0.1) is 0 Å². The number of hydrogen-bond acceptors (Lipinski definition) is 3. The van der Waals surface area contributed by atoms with Crippen LogP contribution in [0.3, 0.4) is 0 Å². The van der Waals surface area contributed by atoms with E-state index in [9.17, 15) is 4.79 Å². The van der Waals surface area contributed by atoms with Gasteiger partial charge < -0.3 is 10.6 Å². The van der Waals surface area contributed by atoms with E-state index < -0.39 is 0 Å². The predicted molar refractivity (Wildman–Crippen MR) is 46.1 cm³/mol. The maximum Gasteiger partial charge on any atom is 0.247 e. The van der Waals surface area contributed by atoms with Gasteiger partial charge in [0.2, 0.25) is 5.91 Å². The normalized spacial score (nSPS) is 34.4. The number of nitrogens with one attached hydrogen (secondary N) is 2. The van der Waals surface area contributed by atoms with E-state index in [4.69, 9.17) is 0 Å². The molecule has 2 unspecified atom stereocenters. The summed E-state index contributed by atoms with van der Waals surface area (Å²) in [5.41, 5.74) is 0. The molecule has 0 aromatic heterocycles. The fraction of sp³-hybridized carbons (Fsp3) is 0.750. The summed E-state index contributed by atoms with van der Waals surface area (Å²) in [5.74, 6) is 0.962. The van der Waals surface area contributed by atoms with Crippen LogP contribution in [0, 0.1) is 0 Å². The number of nitrogens with zero attached hydrogens (tertiary/aromatic N) is 1. The summed E-state index contributed by atoms with van der Waals surface area (Å²) in [7, 11) is 0. The van der Waals surface area contributed by atoms with Gasteiger partial charge in [0.25, 0.3) is 0 Å². The first-order chi connectivity index (χ1) is 5.77. The third-order valence-electron chi connectivity index (χ3n) is 2.37. The minimum Gasteiger partial charge on any atom is -0.369 e. The average Bonchev–Trinajstić information content (AvgIpc) is 2.33. The Kier molecular flexibility index (Phi) is 1.75. The Hall–Kier alpha value is -1.06. The molecule has 1 fully saturated rings. The van der Waals surface area contributed by atoms with Crippen LogP contribution in [0.15, 0.2) is 4.99 Å². The third-order valence-corrected chi connectivity index (χ3v) is 2.37. The zero-order chi connectivity index (χ0) is 8.55. The lowest BCUT2D eigenvalue weighted by Gasteiger charge is -2.12. The summed E-state index contributed by atoms with van der Waals surface area (Å²) in [6.07, 6.45) is 2.08. The lowest BCUT2D eigenvalue weighted by atomic mass is 10.1. The molecule has 0 aliphatic carbocycles. The summed E-state index contributed by atoms with van der Waals surface area (Å²) in [5, 5.41) is 6.07. The number of aliphatic imine (C=N–C) groups is 1. The van der Waals surface area contributed by atoms with Crippen molar-refractivity contribution in [1.82, 2.24) is 10.6 Å². The van der Waals surface area contributed by atoms with Gasteiger partial charge >= 0.3 is 0 Å². The molecule has 66 valence electrons. The van der Waals surface area contributed by atoms with E-state index in [2.05, 4.69) is 15.6 Å². The lowest BCUT2D eigenvalue weighted by Crippen LogP contribution is -2.40. The van der Waals surface area contributed by atoms with Crippen LogP contribution in [0.2, 0.25) is 0 Å². The topological polar surface area (TPSA) is 53.5 Å². The first-order valence-electron chi connectivity index (χ1n) is 4.36. The molecule has 2 atom stereocenters. The number of fused-ring (bicyclic) bond motifs is 1. The van der Waals surface area contributed by atoms with E-state index in [1.54, 1.807) is 0 Å². The molecule has 1 saturated heterocycles. The van der Waals surface area contributed by atoms with Crippen LogP contribution in [0.1, 0.15) is 19.8 Å². The van der Waals surface area contributed by atoms with Gasteiger partial charge in [-0.3, -0.25) is 9.79 Å². The summed E-state index contributed by atoms with van der Waals surface area (Å²) in [6.45, 7) is 2.70. The van der Waals surface area contributed by atoms with Gasteiger partial charge in [0.05, 0.1) is 11.9 Å². The van der Waals surface area contributed by atoms with Crippen molar-refractivity contribution in [3.05, 3.63) is 0 Å². The summed E-state index contributed by atoms with van der Waals surface area (Å²) < 4.78 is 0. The smallest absolute Gasteiger partial charge is 0.247 e. The van der Waals surface area contributed by atoms with Crippen LogP contribution < -0.4 is 10.6 Å². The molecule has 0 aromatic carbocycles. The van der Waals surface area contributed by atoms with E-state index in [1.807, 2.05) is 6.92 Å². The average molecular weight is 167 g/mol. The Morgan fingerprint density at radius 1 is 1.58 bits per heavy atom. The molecule has 2 aliphatic heterocycles. The highest BCUT2D eigenvalue weighted by atomic mass is 16.2. The van der Waals surface area contributed by atoms with Gasteiger partial charge in [0, 0.05) is 6.54 Å². The van der Waals surface area contributed by atoms with Crippen LogP contribution >= 0.6 is 0 Å². The summed E-state index contributed by atoms with van der Waals surface area (Å²) >= 11 is 0. The van der Waals surface area contributed by atoms with E-state index in [-0.39, 0.29) is 18.0 Å². The predicted octanol–water partition coefficient (Wildman–Crippen LogP) is -0.345. The Morgan fingerprint density at radius 3 is 3.25 bits per heavy atom. The van der Waals surface area contributed by atoms with Crippen LogP contribution in [0.4, 0.5) is 0 Å². The zero-order valence-corrected chi connectivity index (χ0v) is 7.13. The lowest BCUT2D eigenvalue weighted by molar-refractivity contribution is -0.122. The number of carbonyl (C=O) groups excluding carboxylic acids is 1. The molecule has 0 aromatic rings. The standard InChI is InChI=1S/C8H13N3O/c1-5-10-6-3-2-4-9-8(12)7(6)11-5/h6-7H,2-4H2,1H3,(H,9,12)(H,10,11). The van der Waals surface area contributed by atoms with Crippen molar-refractivity contribution in [2.75, 3.05) is 6.54 Å². The van der Waals surface area contributed by atoms with Crippen molar-refractivity contribution in [2.45, 2.75) is 31.8 Å². The molecule has 2 rings (SSSR count). The second-order valence-electron chi connectivity index (χ2n) is 3.34. The largest absolute Gasteiger partial charge is 0.369 e. The highest BCUT2D eigenvalue weighted by Crippen LogP contribution is 2.14. The van der Waals surface area contributed by atoms with Crippen LogP contribution in [-0.2, 0) is 4.79 Å². The van der Waals surface area contributed by atoms with Crippen LogP contribution in [0.25, 0.3) is 0 Å². The number of rotatable bonds is 0. The van der Waals surface area contributed by atoms with E-state index in [1.165, 1.54) is 0 Å². The minimum absolute atomic E-state index is 0.0712. The van der Waals surface area contributed by atoms with Crippen molar-refractivity contribution in [3.63, 3.8) is 0 Å². The summed E-state index contributed by atoms with van der Waals surface area (Å²) in [4.78, 5) is 15.6. The molecule has 0 radical (unpaired) electrons. The molecule has 2 N–H and O–H groups in total. The Labute approximate surface area is 71.4 Å². The molecule has 1 amide bonds. The molecular formula is C8H13N3O. The first-order valence-corrected chi connectivity index (χ1v) is 4.36. The fourth-order valence-electron chi connectivity index (χ4n) is 1.79. The Bertz CT molecular complexity index is 236. The van der Waals surface area contributed by atoms with Crippen LogP contribution in [-0.4, -0.2) is 30.4 Å². The Balaban J connectivity index is 2.17. The molecule has 2 aliphatic rings. The van der Waals surface area contributed by atoms with E-state index >= 15 is 0 Å². The second-order valence-corrected chi connectivity index (χ2v) is 3.34. The van der Waals surface area contributed by atoms with Gasteiger partial charge in [-0.2, -0.15) is 0 Å². The van der Waals surface area contributed by atoms with Gasteiger partial charge in [0.1, 0.15) is 0 Å². The highest BCUT2D eigenvalue weighted by molar-refractivity contribution is 5.91. The van der Waals surface area contributed by atoms with Crippen LogP contribution in [0.5, 0.6) is 0 Å². The van der Waals surface area contributed by atoms with Crippen molar-refractivity contribution < 1.29 is 4.79 Å². The van der Waals surface area contributed by atoms with Crippen molar-refractivity contribution in [3.8, 4) is 0 Å². The quantitative estimate of drug-likeness (QED) is 0.518. The second kappa shape index (κ2) is 2.77. The summed E-state index contributed by atoms with van der Waals surface area (Å²) in [6, 6.07) is 0.0694. The number of amides is 1.